The molecule has 0 spiro atoms. The Bertz CT molecular complexity index is 4530. The molecule has 9 N–H and O–H groups in total. The minimum atomic E-state index is -0.855. The monoisotopic (exact) mass is 1740 g/mol. The summed E-state index contributed by atoms with van der Waals surface area (Å²) < 4.78 is 20.2. The predicted octanol–water partition coefficient (Wildman–Crippen LogP) is 19.8. The van der Waals surface area contributed by atoms with Crippen molar-refractivity contribution in [2.75, 3.05) is 144 Å². The van der Waals surface area contributed by atoms with Gasteiger partial charge in [0.1, 0.15) is 21.5 Å². The number of nitrogens with zero attached hydrogens (tertiary/aromatic N) is 8. The van der Waals surface area contributed by atoms with Crippen molar-refractivity contribution in [3.63, 3.8) is 0 Å². The molecule has 5 aliphatic rings. The van der Waals surface area contributed by atoms with Crippen molar-refractivity contribution in [1.82, 2.24) is 39.5 Å². The first kappa shape index (κ1) is 96.7. The fourth-order valence-corrected chi connectivity index (χ4v) is 13.8. The molecular formula is C92H119BrCl2N14O11. The van der Waals surface area contributed by atoms with Gasteiger partial charge in [-0.15, -0.1) is 0 Å². The van der Waals surface area contributed by atoms with Crippen LogP contribution in [0.5, 0.6) is 11.5 Å². The average Bonchev–Trinajstić information content (AvgIpc) is 0.827. The lowest BCUT2D eigenvalue weighted by Crippen LogP contribution is -2.29. The van der Waals surface area contributed by atoms with E-state index in [2.05, 4.69) is 111 Å². The number of nitrogens with two attached hydrogens (primary N) is 1. The van der Waals surface area contributed by atoms with Gasteiger partial charge in [0, 0.05) is 84.6 Å². The smallest absolute Gasteiger partial charge is 0.330 e. The standard InChI is InChI=1S/C30H31ClN6O2.C21H18ClN5O.C11H19NO2.2C9H15NO2.C6H9BrO2.C6H12/c1-39-27-14-13-24(33-28(38)10-7-17-37-15-5-2-6-16-37)19-26(27)35-30-32-20-25(31)29(36-30)34-23-12-11-21-8-3-4-9-22(21)18-23;1-28-19-9-7-15(23)11-18(19)26-21-24-12-17(22)20(27-21)25-16-8-6-13-4-2-3-5-14(13)10-16;1-2-14-11(13)7-6-10-12-8-4-3-5-9-12;2*11-9(12)5-4-8-10-6-2-1-3-7-10;1-2-9-6(8)4-3-5-7;1-2-4-6-5-3-1/h3-4,7-14,18-20H,2,5-6,15-17H2,1H3,(H,33,38)(H2,32,34,35,36);2-12H,23H2,1H3,(H2,24,25,26,27);6-7H,2-5,8-10H2,1H3;2*4-5H,1-3,6-8H2,(H,11,12);3-4H,2,5H2,1H3;1-6H2/b10-7+;;7-6+;2*5-4+;4-3+;. The average molecular weight is 1750 g/mol. The molecule has 4 saturated heterocycles. The van der Waals surface area contributed by atoms with E-state index in [1.54, 1.807) is 88.0 Å². The molecule has 0 atom stereocenters. The molecule has 120 heavy (non-hydrogen) atoms. The lowest BCUT2D eigenvalue weighted by Gasteiger charge is -2.24. The number of methoxy groups -OCH3 is 2. The number of carboxylic acid groups (broad SMARTS) is 2. The van der Waals surface area contributed by atoms with E-state index in [-0.39, 0.29) is 17.8 Å². The van der Waals surface area contributed by atoms with Crippen LogP contribution in [0.15, 0.2) is 194 Å². The molecule has 1 aliphatic carbocycles. The first-order valence-corrected chi connectivity index (χ1v) is 43.4. The number of anilines is 10. The Morgan fingerprint density at radius 3 is 1.17 bits per heavy atom. The number of aliphatic carboxylic acids is 2. The maximum absolute atomic E-state index is 12.5. The zero-order valence-corrected chi connectivity index (χ0v) is 72.8. The fourth-order valence-electron chi connectivity index (χ4n) is 13.3. The van der Waals surface area contributed by atoms with Gasteiger partial charge in [-0.25, -0.2) is 29.1 Å². The molecular weight excluding hydrogens is 1630 g/mol. The number of ether oxygens (including phenoxy) is 4. The molecule has 1 amide bonds. The third-order valence-electron chi connectivity index (χ3n) is 19.4. The highest BCUT2D eigenvalue weighted by molar-refractivity contribution is 9.09. The molecule has 13 rings (SSSR count). The van der Waals surface area contributed by atoms with Gasteiger partial charge >= 0.3 is 23.9 Å². The number of fused-ring (bicyclic) bond motifs is 2. The number of likely N-dealkylation sites (tertiary alicyclic amines) is 4. The van der Waals surface area contributed by atoms with Gasteiger partial charge < -0.3 is 61.5 Å². The van der Waals surface area contributed by atoms with Crippen LogP contribution in [0.2, 0.25) is 10.0 Å². The molecule has 25 nitrogen and oxygen atoms in total. The summed E-state index contributed by atoms with van der Waals surface area (Å²) in [5.41, 5.74) is 10.1. The largest absolute Gasteiger partial charge is 0.495 e. The van der Waals surface area contributed by atoms with E-state index in [0.717, 1.165) is 111 Å². The van der Waals surface area contributed by atoms with E-state index in [1.165, 1.54) is 146 Å². The number of esters is 2. The second kappa shape index (κ2) is 56.9. The number of allylic oxidation sites excluding steroid dienone is 1. The minimum absolute atomic E-state index is 0.187. The molecule has 0 bridgehead atoms. The topological polar surface area (TPSA) is 313 Å². The van der Waals surface area contributed by atoms with E-state index >= 15 is 0 Å². The number of aromatic nitrogens is 4. The summed E-state index contributed by atoms with van der Waals surface area (Å²) in [4.78, 5) is 81.1. The van der Waals surface area contributed by atoms with Crippen molar-refractivity contribution in [3.05, 3.63) is 205 Å². The maximum atomic E-state index is 12.5. The van der Waals surface area contributed by atoms with E-state index < -0.39 is 11.9 Å². The van der Waals surface area contributed by atoms with Crippen LogP contribution in [0.3, 0.4) is 0 Å². The van der Waals surface area contributed by atoms with Crippen LogP contribution in [0, 0.1) is 0 Å². The molecule has 0 radical (unpaired) electrons. The second-order valence-electron chi connectivity index (χ2n) is 28.7. The summed E-state index contributed by atoms with van der Waals surface area (Å²) in [7, 11) is 3.17. The number of nitrogens with one attached hydrogen (secondary N) is 5. The number of hydrogen-bond acceptors (Lipinski definition) is 22. The Morgan fingerprint density at radius 1 is 0.433 bits per heavy atom. The van der Waals surface area contributed by atoms with Crippen molar-refractivity contribution in [2.45, 2.75) is 129 Å². The van der Waals surface area contributed by atoms with Gasteiger partial charge in [-0.1, -0.05) is 194 Å². The SMILES string of the molecule is C1CCCCC1.CCOC(=O)/C=C/CBr.CCOC(=O)/C=C/CN1CCCCC1.COc1ccc(N)cc1Nc1ncc(Cl)c(Nc2ccc3ccccc3c2)n1.COc1ccc(NC(=O)/C=C/CN2CCCCC2)cc1Nc1ncc(Cl)c(Nc2ccc3ccccc3c2)n1.O=C(O)/C=C/CN1CCCCC1.O=C(O)/C=C/CN1CCCCC1. The van der Waals surface area contributed by atoms with Gasteiger partial charge in [-0.3, -0.25) is 24.4 Å². The molecule has 5 fully saturated rings. The zero-order valence-electron chi connectivity index (χ0n) is 69.7. The van der Waals surface area contributed by atoms with Gasteiger partial charge in [-0.2, -0.15) is 9.97 Å². The third kappa shape index (κ3) is 38.7. The fraction of sp³-hybridized carbons (Fsp3) is 0.402. The highest BCUT2D eigenvalue weighted by Gasteiger charge is 2.16. The second-order valence-corrected chi connectivity index (χ2v) is 30.1. The summed E-state index contributed by atoms with van der Waals surface area (Å²) >= 11 is 15.8. The number of alkyl halides is 1. The number of rotatable bonds is 27. The van der Waals surface area contributed by atoms with Crippen LogP contribution in [-0.4, -0.2) is 191 Å². The number of carbonyl (C=O) groups excluding carboxylic acids is 3. The Hall–Kier alpha value is -10.5. The zero-order chi connectivity index (χ0) is 85.7. The van der Waals surface area contributed by atoms with Crippen LogP contribution in [-0.2, 0) is 33.4 Å². The van der Waals surface area contributed by atoms with Crippen LogP contribution in [0.4, 0.5) is 57.7 Å². The van der Waals surface area contributed by atoms with E-state index in [0.29, 0.717) is 86.4 Å². The van der Waals surface area contributed by atoms with E-state index in [9.17, 15) is 24.0 Å². The Kier molecular flexibility index (Phi) is 45.8. The number of nitrogen functional groups attached to an aromatic ring is 1. The van der Waals surface area contributed by atoms with Crippen LogP contribution in [0.25, 0.3) is 21.5 Å². The number of halogens is 3. The third-order valence-corrected chi connectivity index (χ3v) is 20.3. The van der Waals surface area contributed by atoms with Crippen molar-refractivity contribution >= 4 is 148 Å². The van der Waals surface area contributed by atoms with Crippen LogP contribution < -0.4 is 41.8 Å². The van der Waals surface area contributed by atoms with Crippen LogP contribution >= 0.6 is 39.1 Å². The molecule has 6 heterocycles. The lowest BCUT2D eigenvalue weighted by molar-refractivity contribution is -0.138. The van der Waals surface area contributed by atoms with Crippen molar-refractivity contribution in [2.24, 2.45) is 0 Å². The minimum Gasteiger partial charge on any atom is -0.495 e. The lowest BCUT2D eigenvalue weighted by atomic mass is 10.0. The normalized spacial score (nSPS) is 15.1. The first-order chi connectivity index (χ1) is 58.4. The molecule has 644 valence electrons. The number of carbonyl (C=O) groups is 5. The summed E-state index contributed by atoms with van der Waals surface area (Å²) in [5, 5.41) is 38.5. The van der Waals surface area contributed by atoms with Gasteiger partial charge in [0.2, 0.25) is 17.8 Å². The summed E-state index contributed by atoms with van der Waals surface area (Å²) in [6.45, 7) is 16.7. The Morgan fingerprint density at radius 2 is 0.783 bits per heavy atom. The molecule has 2 aromatic heterocycles. The Labute approximate surface area is 725 Å². The molecule has 1 saturated carbocycles. The highest BCUT2D eigenvalue weighted by Crippen LogP contribution is 2.34. The number of piperidine rings is 4. The first-order valence-electron chi connectivity index (χ1n) is 41.5. The number of amides is 1. The Balaban J connectivity index is 0.000000212. The van der Waals surface area contributed by atoms with E-state index in [1.807, 2.05) is 79.7 Å². The molecule has 28 heteroatoms. The summed E-state index contributed by atoms with van der Waals surface area (Å²) in [6.07, 6.45) is 43.2. The number of hydrogen-bond donors (Lipinski definition) is 8. The molecule has 8 aromatic rings. The molecule has 6 aromatic carbocycles. The van der Waals surface area contributed by atoms with Gasteiger partial charge in [0.05, 0.1) is 51.2 Å². The van der Waals surface area contributed by atoms with E-state index in [4.69, 9.17) is 53.4 Å². The highest BCUT2D eigenvalue weighted by atomic mass is 79.9. The number of carboxylic acids is 2. The summed E-state index contributed by atoms with van der Waals surface area (Å²) in [5.74, 6) is 0.466. The predicted molar refractivity (Wildman–Crippen MR) is 491 cm³/mol. The van der Waals surface area contributed by atoms with Gasteiger partial charge in [-0.05, 0) is 200 Å². The maximum Gasteiger partial charge on any atom is 0.330 e. The van der Waals surface area contributed by atoms with Crippen molar-refractivity contribution < 1.29 is 53.1 Å². The summed E-state index contributed by atoms with van der Waals surface area (Å²) in [6, 6.07) is 39.0. The number of benzene rings is 6. The quantitative estimate of drug-likeness (QED) is 0.0103. The molecule has 4 aliphatic heterocycles. The van der Waals surface area contributed by atoms with Crippen molar-refractivity contribution in [3.8, 4) is 11.5 Å². The van der Waals surface area contributed by atoms with Crippen molar-refractivity contribution in [1.29, 1.82) is 0 Å². The van der Waals surface area contributed by atoms with Crippen LogP contribution in [0.1, 0.15) is 129 Å². The molecule has 0 unspecified atom stereocenters. The van der Waals surface area contributed by atoms with Gasteiger partial charge in [0.15, 0.2) is 11.6 Å². The van der Waals surface area contributed by atoms with Gasteiger partial charge in [0.25, 0.3) is 0 Å².